The second kappa shape index (κ2) is 6.00. The van der Waals surface area contributed by atoms with E-state index in [1.807, 2.05) is 31.2 Å². The van der Waals surface area contributed by atoms with Crippen molar-refractivity contribution in [2.75, 3.05) is 0 Å². The zero-order chi connectivity index (χ0) is 13.8. The van der Waals surface area contributed by atoms with Crippen LogP contribution in [0.4, 0.5) is 4.79 Å². The van der Waals surface area contributed by atoms with Crippen molar-refractivity contribution < 1.29 is 9.53 Å². The molecule has 1 aromatic carbocycles. The summed E-state index contributed by atoms with van der Waals surface area (Å²) in [5.74, 6) is 0. The first-order valence-corrected chi connectivity index (χ1v) is 6.36. The Morgan fingerprint density at radius 3 is 2.33 bits per heavy atom. The van der Waals surface area contributed by atoms with E-state index in [9.17, 15) is 4.79 Å². The number of halogens is 1. The number of hydrogen-bond donors (Lipinski definition) is 1. The van der Waals surface area contributed by atoms with Crippen LogP contribution in [0.2, 0.25) is 0 Å². The summed E-state index contributed by atoms with van der Waals surface area (Å²) >= 11 is 3.36. The van der Waals surface area contributed by atoms with Gasteiger partial charge in [-0.3, -0.25) is 0 Å². The molecule has 0 radical (unpaired) electrons. The molecule has 0 atom stereocenters. The second-order valence-corrected chi connectivity index (χ2v) is 5.73. The molecule has 98 valence electrons. The molecule has 0 fully saturated rings. The minimum Gasteiger partial charge on any atom is -0.443 e. The molecule has 0 aliphatic rings. The molecular weight excluding hydrogens is 296 g/mol. The molecule has 0 aromatic heterocycles. The zero-order valence-electron chi connectivity index (χ0n) is 11.0. The van der Waals surface area contributed by atoms with E-state index in [0.29, 0.717) is 5.71 Å². The van der Waals surface area contributed by atoms with Gasteiger partial charge in [-0.2, -0.15) is 5.10 Å². The summed E-state index contributed by atoms with van der Waals surface area (Å²) in [6, 6.07) is 7.67. The summed E-state index contributed by atoms with van der Waals surface area (Å²) in [6.07, 6.45) is -0.557. The van der Waals surface area contributed by atoms with Crippen molar-refractivity contribution in [2.24, 2.45) is 5.10 Å². The van der Waals surface area contributed by atoms with Crippen molar-refractivity contribution in [3.63, 3.8) is 0 Å². The summed E-state index contributed by atoms with van der Waals surface area (Å²) in [5, 5.41) is 3.98. The fraction of sp³-hybridized carbons (Fsp3) is 0.385. The first-order valence-electron chi connectivity index (χ1n) is 5.57. The predicted molar refractivity (Wildman–Crippen MR) is 75.7 cm³/mol. The highest BCUT2D eigenvalue weighted by atomic mass is 79.9. The van der Waals surface area contributed by atoms with Crippen LogP contribution in [-0.4, -0.2) is 17.4 Å². The predicted octanol–water partition coefficient (Wildman–Crippen LogP) is 3.70. The first kappa shape index (κ1) is 14.7. The third-order valence-corrected chi connectivity index (χ3v) is 2.50. The maximum Gasteiger partial charge on any atom is 0.428 e. The zero-order valence-corrected chi connectivity index (χ0v) is 12.5. The molecule has 0 bridgehead atoms. The van der Waals surface area contributed by atoms with E-state index in [2.05, 4.69) is 26.5 Å². The highest BCUT2D eigenvalue weighted by Gasteiger charge is 2.15. The van der Waals surface area contributed by atoms with Crippen LogP contribution in [0.1, 0.15) is 33.3 Å². The summed E-state index contributed by atoms with van der Waals surface area (Å²) in [6.45, 7) is 7.23. The van der Waals surface area contributed by atoms with Gasteiger partial charge in [-0.1, -0.05) is 28.1 Å². The third kappa shape index (κ3) is 5.31. The molecule has 0 unspecified atom stereocenters. The maximum atomic E-state index is 11.4. The van der Waals surface area contributed by atoms with E-state index in [4.69, 9.17) is 4.74 Å². The Kier molecular flexibility index (Phi) is 4.90. The molecule has 0 spiro atoms. The quantitative estimate of drug-likeness (QED) is 0.668. The van der Waals surface area contributed by atoms with E-state index < -0.39 is 11.7 Å². The van der Waals surface area contributed by atoms with Gasteiger partial charge in [0.1, 0.15) is 5.60 Å². The van der Waals surface area contributed by atoms with E-state index in [0.717, 1.165) is 10.0 Å². The van der Waals surface area contributed by atoms with Gasteiger partial charge < -0.3 is 4.74 Å². The smallest absolute Gasteiger partial charge is 0.428 e. The van der Waals surface area contributed by atoms with Crippen molar-refractivity contribution in [3.8, 4) is 0 Å². The topological polar surface area (TPSA) is 50.7 Å². The Bertz CT molecular complexity index is 447. The highest BCUT2D eigenvalue weighted by molar-refractivity contribution is 9.10. The Labute approximate surface area is 116 Å². The molecular formula is C13H17BrN2O2. The van der Waals surface area contributed by atoms with Gasteiger partial charge >= 0.3 is 6.09 Å². The normalized spacial score (nSPS) is 12.2. The average Bonchev–Trinajstić information content (AvgIpc) is 2.24. The number of nitrogens with one attached hydrogen (secondary N) is 1. The van der Waals surface area contributed by atoms with Crippen LogP contribution in [-0.2, 0) is 4.74 Å². The van der Waals surface area contributed by atoms with Gasteiger partial charge in [0.05, 0.1) is 5.71 Å². The van der Waals surface area contributed by atoms with Gasteiger partial charge in [-0.25, -0.2) is 10.2 Å². The molecule has 18 heavy (non-hydrogen) atoms. The van der Waals surface area contributed by atoms with Crippen LogP contribution in [0.3, 0.4) is 0 Å². The first-order chi connectivity index (χ1) is 8.28. The molecule has 1 amide bonds. The summed E-state index contributed by atoms with van der Waals surface area (Å²) in [4.78, 5) is 11.4. The monoisotopic (exact) mass is 312 g/mol. The number of benzene rings is 1. The molecule has 0 aliphatic carbocycles. The number of ether oxygens (including phenoxy) is 1. The molecule has 4 nitrogen and oxygen atoms in total. The molecule has 0 saturated carbocycles. The van der Waals surface area contributed by atoms with Crippen molar-refractivity contribution in [2.45, 2.75) is 33.3 Å². The van der Waals surface area contributed by atoms with Gasteiger partial charge in [0, 0.05) is 4.47 Å². The van der Waals surface area contributed by atoms with Crippen LogP contribution in [0.25, 0.3) is 0 Å². The summed E-state index contributed by atoms with van der Waals surface area (Å²) < 4.78 is 6.08. The van der Waals surface area contributed by atoms with Crippen molar-refractivity contribution >= 4 is 27.7 Å². The maximum absolute atomic E-state index is 11.4. The molecule has 0 heterocycles. The number of hydrogen-bond acceptors (Lipinski definition) is 3. The second-order valence-electron chi connectivity index (χ2n) is 4.82. The van der Waals surface area contributed by atoms with E-state index in [1.54, 1.807) is 20.8 Å². The Morgan fingerprint density at radius 2 is 1.83 bits per heavy atom. The molecule has 0 saturated heterocycles. The number of carbonyl (C=O) groups excluding carboxylic acids is 1. The minimum absolute atomic E-state index is 0.523. The number of amides is 1. The lowest BCUT2D eigenvalue weighted by molar-refractivity contribution is 0.0529. The third-order valence-electron chi connectivity index (χ3n) is 1.98. The molecule has 0 aliphatic heterocycles. The van der Waals surface area contributed by atoms with Gasteiger partial charge in [0.2, 0.25) is 0 Å². The molecule has 1 aromatic rings. The van der Waals surface area contributed by atoms with Gasteiger partial charge in [0.15, 0.2) is 0 Å². The molecule has 5 heteroatoms. The lowest BCUT2D eigenvalue weighted by Gasteiger charge is -2.18. The van der Waals surface area contributed by atoms with Crippen LogP contribution in [0.5, 0.6) is 0 Å². The Balaban J connectivity index is 2.62. The fourth-order valence-electron chi connectivity index (χ4n) is 1.19. The van der Waals surface area contributed by atoms with Gasteiger partial charge in [-0.15, -0.1) is 0 Å². The molecule has 1 N–H and O–H groups in total. The van der Waals surface area contributed by atoms with E-state index in [1.165, 1.54) is 0 Å². The summed E-state index contributed by atoms with van der Waals surface area (Å²) in [5.41, 5.74) is 3.50. The number of carbonyl (C=O) groups is 1. The van der Waals surface area contributed by atoms with Crippen LogP contribution < -0.4 is 5.43 Å². The standard InChI is InChI=1S/C13H17BrN2O2/c1-9(10-5-7-11(14)8-6-10)15-16-12(17)18-13(2,3)4/h5-8H,1-4H3,(H,16,17)/b15-9+. The Morgan fingerprint density at radius 1 is 1.28 bits per heavy atom. The lowest BCUT2D eigenvalue weighted by Crippen LogP contribution is -2.30. The number of nitrogens with zero attached hydrogens (tertiary/aromatic N) is 1. The summed E-state index contributed by atoms with van der Waals surface area (Å²) in [7, 11) is 0. The van der Waals surface area contributed by atoms with Crippen LogP contribution in [0.15, 0.2) is 33.8 Å². The van der Waals surface area contributed by atoms with Crippen LogP contribution in [0, 0.1) is 0 Å². The number of hydrazone groups is 1. The van der Waals surface area contributed by atoms with E-state index in [-0.39, 0.29) is 0 Å². The SMILES string of the molecule is C/C(=N\NC(=O)OC(C)(C)C)c1ccc(Br)cc1. The van der Waals surface area contributed by atoms with Gasteiger partial charge in [-0.05, 0) is 45.4 Å². The highest BCUT2D eigenvalue weighted by Crippen LogP contribution is 2.11. The van der Waals surface area contributed by atoms with Crippen LogP contribution >= 0.6 is 15.9 Å². The largest absolute Gasteiger partial charge is 0.443 e. The van der Waals surface area contributed by atoms with Crippen molar-refractivity contribution in [1.82, 2.24) is 5.43 Å². The van der Waals surface area contributed by atoms with E-state index >= 15 is 0 Å². The van der Waals surface area contributed by atoms with Crippen molar-refractivity contribution in [3.05, 3.63) is 34.3 Å². The molecule has 1 rings (SSSR count). The van der Waals surface area contributed by atoms with Crippen molar-refractivity contribution in [1.29, 1.82) is 0 Å². The fourth-order valence-corrected chi connectivity index (χ4v) is 1.45. The minimum atomic E-state index is -0.557. The number of rotatable bonds is 2. The van der Waals surface area contributed by atoms with Gasteiger partial charge in [0.25, 0.3) is 0 Å². The lowest BCUT2D eigenvalue weighted by atomic mass is 10.1. The average molecular weight is 313 g/mol. The Hall–Kier alpha value is -1.36.